The predicted octanol–water partition coefficient (Wildman–Crippen LogP) is 4.23. The lowest BCUT2D eigenvalue weighted by Crippen LogP contribution is -2.28. The molecular formula is C24H22N4O2S. The van der Waals surface area contributed by atoms with Gasteiger partial charge in [0.15, 0.2) is 11.0 Å². The number of aliphatic imine (C=N–C) groups is 1. The molecule has 6 nitrogen and oxygen atoms in total. The monoisotopic (exact) mass is 430 g/mol. The number of amidine groups is 1. The number of amides is 1. The van der Waals surface area contributed by atoms with Crippen LogP contribution < -0.4 is 11.1 Å². The molecule has 1 atom stereocenters. The van der Waals surface area contributed by atoms with Crippen molar-refractivity contribution in [3.8, 4) is 0 Å². The fraction of sp³-hybridized carbons (Fsp3) is 0.167. The van der Waals surface area contributed by atoms with Crippen LogP contribution in [0.15, 0.2) is 77.9 Å². The van der Waals surface area contributed by atoms with Gasteiger partial charge in [0.25, 0.3) is 5.91 Å². The van der Waals surface area contributed by atoms with E-state index in [1.165, 1.54) is 6.20 Å². The van der Waals surface area contributed by atoms with E-state index >= 15 is 0 Å². The van der Waals surface area contributed by atoms with Gasteiger partial charge >= 0.3 is 0 Å². The lowest BCUT2D eigenvalue weighted by atomic mass is 9.89. The number of benzene rings is 2. The average Bonchev–Trinajstić information content (AvgIpc) is 2.79. The molecule has 2 aromatic carbocycles. The van der Waals surface area contributed by atoms with Gasteiger partial charge in [0, 0.05) is 23.2 Å². The van der Waals surface area contributed by atoms with Gasteiger partial charge in [-0.3, -0.25) is 19.6 Å². The Morgan fingerprint density at radius 3 is 2.65 bits per heavy atom. The molecule has 31 heavy (non-hydrogen) atoms. The van der Waals surface area contributed by atoms with Crippen LogP contribution >= 0.6 is 11.8 Å². The first kappa shape index (κ1) is 20.8. The molecule has 1 amide bonds. The Morgan fingerprint density at radius 1 is 1.06 bits per heavy atom. The molecule has 0 saturated heterocycles. The molecule has 7 heteroatoms. The summed E-state index contributed by atoms with van der Waals surface area (Å²) in [5.74, 6) is 0.204. The highest BCUT2D eigenvalue weighted by atomic mass is 32.2. The molecule has 3 N–H and O–H groups in total. The second kappa shape index (κ2) is 8.73. The van der Waals surface area contributed by atoms with Crippen LogP contribution in [0.2, 0.25) is 0 Å². The number of nitrogens with two attached hydrogens (primary N) is 1. The van der Waals surface area contributed by atoms with Crippen molar-refractivity contribution in [3.05, 3.63) is 95.3 Å². The Hall–Kier alpha value is -3.45. The molecule has 1 aromatic heterocycles. The molecule has 4 rings (SSSR count). The zero-order valence-electron chi connectivity index (χ0n) is 17.0. The van der Waals surface area contributed by atoms with E-state index in [4.69, 9.17) is 5.73 Å². The number of rotatable bonds is 5. The molecule has 0 bridgehead atoms. The van der Waals surface area contributed by atoms with E-state index in [1.54, 1.807) is 54.2 Å². The van der Waals surface area contributed by atoms with Crippen LogP contribution in [-0.2, 0) is 5.54 Å². The van der Waals surface area contributed by atoms with E-state index in [2.05, 4.69) is 15.3 Å². The standard InChI is InChI=1S/C24H22N4O2S/c1-24(12-14-31-23(25)28-24)17-9-5-10-18(15-17)27-22(30)20-19(11-6-13-26-20)21(29)16-7-3-2-4-8-16/h2-11,13,15H,12,14H2,1H3,(H2,25,28)(H,27,30). The Kier molecular flexibility index (Phi) is 5.86. The van der Waals surface area contributed by atoms with Crippen molar-refractivity contribution in [3.63, 3.8) is 0 Å². The van der Waals surface area contributed by atoms with Crippen LogP contribution in [0.25, 0.3) is 0 Å². The summed E-state index contributed by atoms with van der Waals surface area (Å²) in [5, 5.41) is 3.44. The summed E-state index contributed by atoms with van der Waals surface area (Å²) >= 11 is 1.55. The number of pyridine rings is 1. The number of carbonyl (C=O) groups excluding carboxylic acids is 2. The first-order valence-electron chi connectivity index (χ1n) is 9.91. The van der Waals surface area contributed by atoms with Gasteiger partial charge in [-0.05, 0) is 43.2 Å². The highest BCUT2D eigenvalue weighted by molar-refractivity contribution is 8.13. The maximum absolute atomic E-state index is 13.0. The van der Waals surface area contributed by atoms with Gasteiger partial charge in [0.05, 0.1) is 11.1 Å². The van der Waals surface area contributed by atoms with Gasteiger partial charge in [-0.15, -0.1) is 0 Å². The number of nitrogens with one attached hydrogen (secondary N) is 1. The van der Waals surface area contributed by atoms with E-state index in [-0.39, 0.29) is 17.0 Å². The SMILES string of the molecule is CC1(c2cccc(NC(=O)c3ncccc3C(=O)c3ccccc3)c2)CCSC(N)=N1. The van der Waals surface area contributed by atoms with Crippen molar-refractivity contribution in [2.24, 2.45) is 10.7 Å². The summed E-state index contributed by atoms with van der Waals surface area (Å²) in [6, 6.07) is 19.7. The molecule has 1 aliphatic heterocycles. The third kappa shape index (κ3) is 4.51. The van der Waals surface area contributed by atoms with Gasteiger partial charge in [-0.1, -0.05) is 54.2 Å². The number of ketones is 1. The van der Waals surface area contributed by atoms with Gasteiger partial charge in [-0.25, -0.2) is 0 Å². The first-order chi connectivity index (χ1) is 15.0. The Morgan fingerprint density at radius 2 is 1.87 bits per heavy atom. The van der Waals surface area contributed by atoms with E-state index < -0.39 is 11.4 Å². The maximum atomic E-state index is 13.0. The normalized spacial score (nSPS) is 18.2. The van der Waals surface area contributed by atoms with Gasteiger partial charge < -0.3 is 11.1 Å². The molecule has 156 valence electrons. The predicted molar refractivity (Wildman–Crippen MR) is 125 cm³/mol. The number of anilines is 1. The summed E-state index contributed by atoms with van der Waals surface area (Å²) in [6.07, 6.45) is 2.36. The molecule has 2 heterocycles. The molecule has 1 unspecified atom stereocenters. The first-order valence-corrected chi connectivity index (χ1v) is 10.9. The minimum Gasteiger partial charge on any atom is -0.379 e. The molecule has 3 aromatic rings. The minimum absolute atomic E-state index is 0.0873. The molecule has 0 saturated carbocycles. The molecule has 1 aliphatic rings. The largest absolute Gasteiger partial charge is 0.379 e. The average molecular weight is 431 g/mol. The lowest BCUT2D eigenvalue weighted by molar-refractivity contribution is 0.0992. The molecule has 0 aliphatic carbocycles. The van der Waals surface area contributed by atoms with Crippen LogP contribution in [-0.4, -0.2) is 27.6 Å². The number of nitrogens with zero attached hydrogens (tertiary/aromatic N) is 2. The van der Waals surface area contributed by atoms with E-state index in [0.29, 0.717) is 16.4 Å². The summed E-state index contributed by atoms with van der Waals surface area (Å²) in [5.41, 5.74) is 7.93. The Balaban J connectivity index is 1.60. The number of hydrogen-bond donors (Lipinski definition) is 2. The van der Waals surface area contributed by atoms with Crippen molar-refractivity contribution in [2.45, 2.75) is 18.9 Å². The zero-order valence-corrected chi connectivity index (χ0v) is 17.9. The van der Waals surface area contributed by atoms with Gasteiger partial charge in [-0.2, -0.15) is 0 Å². The molecular weight excluding hydrogens is 408 g/mol. The lowest BCUT2D eigenvalue weighted by Gasteiger charge is -2.30. The van der Waals surface area contributed by atoms with E-state index in [0.717, 1.165) is 17.7 Å². The van der Waals surface area contributed by atoms with Gasteiger partial charge in [0.1, 0.15) is 5.69 Å². The Bertz CT molecular complexity index is 1160. The highest BCUT2D eigenvalue weighted by Gasteiger charge is 2.29. The molecule has 0 radical (unpaired) electrons. The van der Waals surface area contributed by atoms with E-state index in [1.807, 2.05) is 31.2 Å². The Labute approximate surface area is 185 Å². The summed E-state index contributed by atoms with van der Waals surface area (Å²) in [7, 11) is 0. The van der Waals surface area contributed by atoms with Crippen LogP contribution in [0, 0.1) is 0 Å². The summed E-state index contributed by atoms with van der Waals surface area (Å²) < 4.78 is 0. The van der Waals surface area contributed by atoms with Crippen molar-refractivity contribution in [2.75, 3.05) is 11.1 Å². The number of hydrogen-bond acceptors (Lipinski definition) is 6. The van der Waals surface area contributed by atoms with Crippen LogP contribution in [0.3, 0.4) is 0 Å². The smallest absolute Gasteiger partial charge is 0.275 e. The fourth-order valence-electron chi connectivity index (χ4n) is 3.53. The summed E-state index contributed by atoms with van der Waals surface area (Å²) in [6.45, 7) is 2.04. The number of carbonyl (C=O) groups is 2. The molecule has 0 spiro atoms. The van der Waals surface area contributed by atoms with Gasteiger partial charge in [0.2, 0.25) is 0 Å². The molecule has 0 fully saturated rings. The second-order valence-corrected chi connectivity index (χ2v) is 8.57. The third-order valence-electron chi connectivity index (χ3n) is 5.24. The fourth-order valence-corrected chi connectivity index (χ4v) is 4.51. The van der Waals surface area contributed by atoms with Crippen molar-refractivity contribution in [1.29, 1.82) is 0 Å². The minimum atomic E-state index is -0.440. The number of thioether (sulfide) groups is 1. The van der Waals surface area contributed by atoms with Crippen molar-refractivity contribution in [1.82, 2.24) is 4.98 Å². The zero-order chi connectivity index (χ0) is 21.8. The third-order valence-corrected chi connectivity index (χ3v) is 6.04. The second-order valence-electron chi connectivity index (χ2n) is 7.45. The van der Waals surface area contributed by atoms with Crippen LogP contribution in [0.4, 0.5) is 5.69 Å². The van der Waals surface area contributed by atoms with Crippen molar-refractivity contribution >= 4 is 34.3 Å². The van der Waals surface area contributed by atoms with E-state index in [9.17, 15) is 9.59 Å². The van der Waals surface area contributed by atoms with Crippen LogP contribution in [0.1, 0.15) is 45.3 Å². The van der Waals surface area contributed by atoms with Crippen LogP contribution in [0.5, 0.6) is 0 Å². The number of aromatic nitrogens is 1. The summed E-state index contributed by atoms with van der Waals surface area (Å²) in [4.78, 5) is 34.7. The topological polar surface area (TPSA) is 97.4 Å². The quantitative estimate of drug-likeness (QED) is 0.590. The highest BCUT2D eigenvalue weighted by Crippen LogP contribution is 2.35. The maximum Gasteiger partial charge on any atom is 0.275 e. The van der Waals surface area contributed by atoms with Crippen molar-refractivity contribution < 1.29 is 9.59 Å².